The molecule has 0 aromatic heterocycles. The first kappa shape index (κ1) is 22.3. The van der Waals surface area contributed by atoms with Crippen molar-refractivity contribution in [3.05, 3.63) is 23.8 Å². The number of methoxy groups -OCH3 is 2. The summed E-state index contributed by atoms with van der Waals surface area (Å²) in [6.07, 6.45) is -0.318. The predicted octanol–water partition coefficient (Wildman–Crippen LogP) is 1.89. The first-order valence-corrected chi connectivity index (χ1v) is 8.54. The van der Waals surface area contributed by atoms with Gasteiger partial charge >= 0.3 is 5.97 Å². The number of carbonyl (C=O) groups is 3. The summed E-state index contributed by atoms with van der Waals surface area (Å²) in [6, 6.07) is 3.32. The van der Waals surface area contributed by atoms with E-state index in [-0.39, 0.29) is 12.3 Å². The highest BCUT2D eigenvalue weighted by Crippen LogP contribution is 2.31. The van der Waals surface area contributed by atoms with Crippen LogP contribution in [0.25, 0.3) is 0 Å². The lowest BCUT2D eigenvalue weighted by atomic mass is 9.95. The molecule has 2 unspecified atom stereocenters. The van der Waals surface area contributed by atoms with Crippen molar-refractivity contribution < 1.29 is 29.0 Å². The first-order chi connectivity index (χ1) is 12.5. The molecule has 1 aromatic rings. The smallest absolute Gasteiger partial charge is 0.305 e. The van der Waals surface area contributed by atoms with Crippen LogP contribution in [0, 0.1) is 5.41 Å². The van der Waals surface area contributed by atoms with Gasteiger partial charge in [-0.15, -0.1) is 0 Å². The standard InChI is InChI=1S/C19H28N2O6/c1-11(20-18(25)19(2,3)4)17(24)21-13(10-16(22)23)12-7-8-14(26-5)15(9-12)27-6/h7-9,11,13H,10H2,1-6H3,(H,20,25)(H,21,24)(H,22,23). The summed E-state index contributed by atoms with van der Waals surface area (Å²) in [5.41, 5.74) is -0.0870. The highest BCUT2D eigenvalue weighted by Gasteiger charge is 2.27. The Balaban J connectivity index is 2.99. The lowest BCUT2D eigenvalue weighted by Gasteiger charge is -2.24. The largest absolute Gasteiger partial charge is 0.493 e. The minimum atomic E-state index is -1.07. The Labute approximate surface area is 159 Å². The molecule has 0 saturated carbocycles. The van der Waals surface area contributed by atoms with E-state index >= 15 is 0 Å². The van der Waals surface area contributed by atoms with Crippen molar-refractivity contribution in [1.82, 2.24) is 10.6 Å². The molecule has 0 bridgehead atoms. The van der Waals surface area contributed by atoms with Crippen molar-refractivity contribution in [1.29, 1.82) is 0 Å². The van der Waals surface area contributed by atoms with E-state index < -0.39 is 29.4 Å². The Morgan fingerprint density at radius 2 is 1.67 bits per heavy atom. The molecule has 2 amide bonds. The maximum absolute atomic E-state index is 12.5. The van der Waals surface area contributed by atoms with Gasteiger partial charge in [0.1, 0.15) is 6.04 Å². The van der Waals surface area contributed by atoms with Crippen molar-refractivity contribution in [2.45, 2.75) is 46.2 Å². The van der Waals surface area contributed by atoms with E-state index in [1.54, 1.807) is 45.9 Å². The van der Waals surface area contributed by atoms with E-state index in [1.807, 2.05) is 0 Å². The molecule has 0 aliphatic heterocycles. The van der Waals surface area contributed by atoms with Gasteiger partial charge in [0.25, 0.3) is 0 Å². The molecule has 8 nitrogen and oxygen atoms in total. The van der Waals surface area contributed by atoms with Crippen LogP contribution in [0.4, 0.5) is 0 Å². The number of carboxylic acids is 1. The van der Waals surface area contributed by atoms with Crippen LogP contribution in [0.3, 0.4) is 0 Å². The normalized spacial score (nSPS) is 13.3. The van der Waals surface area contributed by atoms with Crippen LogP contribution in [-0.2, 0) is 14.4 Å². The average Bonchev–Trinajstić information content (AvgIpc) is 2.58. The van der Waals surface area contributed by atoms with Crippen molar-refractivity contribution in [2.75, 3.05) is 14.2 Å². The Bertz CT molecular complexity index is 696. The molecule has 1 aromatic carbocycles. The maximum Gasteiger partial charge on any atom is 0.305 e. The molecule has 2 atom stereocenters. The Morgan fingerprint density at radius 1 is 1.07 bits per heavy atom. The molecular weight excluding hydrogens is 352 g/mol. The molecule has 0 aliphatic rings. The van der Waals surface area contributed by atoms with Gasteiger partial charge in [0.2, 0.25) is 11.8 Å². The molecule has 0 heterocycles. The van der Waals surface area contributed by atoms with Crippen LogP contribution in [0.15, 0.2) is 18.2 Å². The van der Waals surface area contributed by atoms with Gasteiger partial charge in [-0.2, -0.15) is 0 Å². The van der Waals surface area contributed by atoms with Crippen molar-refractivity contribution in [2.24, 2.45) is 5.41 Å². The van der Waals surface area contributed by atoms with Crippen LogP contribution in [0.5, 0.6) is 11.5 Å². The minimum Gasteiger partial charge on any atom is -0.493 e. The molecule has 8 heteroatoms. The number of rotatable bonds is 8. The highest BCUT2D eigenvalue weighted by molar-refractivity contribution is 5.89. The topological polar surface area (TPSA) is 114 Å². The third kappa shape index (κ3) is 6.47. The average molecular weight is 380 g/mol. The second-order valence-corrected chi connectivity index (χ2v) is 7.22. The summed E-state index contributed by atoms with van der Waals surface area (Å²) in [4.78, 5) is 35.8. The number of benzene rings is 1. The van der Waals surface area contributed by atoms with Crippen molar-refractivity contribution in [3.8, 4) is 11.5 Å². The van der Waals surface area contributed by atoms with Gasteiger partial charge in [-0.05, 0) is 24.6 Å². The molecule has 0 radical (unpaired) electrons. The minimum absolute atomic E-state index is 0.272. The number of hydrogen-bond donors (Lipinski definition) is 3. The van der Waals surface area contributed by atoms with E-state index in [1.165, 1.54) is 14.2 Å². The summed E-state index contributed by atoms with van der Waals surface area (Å²) in [5, 5.41) is 14.5. The van der Waals surface area contributed by atoms with Crippen LogP contribution >= 0.6 is 0 Å². The second kappa shape index (κ2) is 9.25. The monoisotopic (exact) mass is 380 g/mol. The van der Waals surface area contributed by atoms with Gasteiger partial charge < -0.3 is 25.2 Å². The molecule has 1 rings (SSSR count). The van der Waals surface area contributed by atoms with E-state index in [0.717, 1.165) is 0 Å². The fourth-order valence-electron chi connectivity index (χ4n) is 2.27. The molecule has 0 spiro atoms. The number of amides is 2. The highest BCUT2D eigenvalue weighted by atomic mass is 16.5. The van der Waals surface area contributed by atoms with Crippen LogP contribution in [0.2, 0.25) is 0 Å². The molecule has 0 fully saturated rings. The first-order valence-electron chi connectivity index (χ1n) is 8.54. The van der Waals surface area contributed by atoms with Gasteiger partial charge in [-0.25, -0.2) is 0 Å². The maximum atomic E-state index is 12.5. The zero-order chi connectivity index (χ0) is 20.8. The molecule has 27 heavy (non-hydrogen) atoms. The number of hydrogen-bond acceptors (Lipinski definition) is 5. The van der Waals surface area contributed by atoms with E-state index in [0.29, 0.717) is 17.1 Å². The van der Waals surface area contributed by atoms with E-state index in [2.05, 4.69) is 10.6 Å². The van der Waals surface area contributed by atoms with Gasteiger partial charge in [-0.3, -0.25) is 14.4 Å². The summed E-state index contributed by atoms with van der Waals surface area (Å²) < 4.78 is 10.4. The number of nitrogens with one attached hydrogen (secondary N) is 2. The van der Waals surface area contributed by atoms with Gasteiger partial charge in [0, 0.05) is 5.41 Å². The number of ether oxygens (including phenoxy) is 2. The summed E-state index contributed by atoms with van der Waals surface area (Å²) in [6.45, 7) is 6.77. The Kier molecular flexibility index (Phi) is 7.63. The van der Waals surface area contributed by atoms with Gasteiger partial charge in [0.15, 0.2) is 11.5 Å². The quantitative estimate of drug-likeness (QED) is 0.635. The van der Waals surface area contributed by atoms with Crippen LogP contribution < -0.4 is 20.1 Å². The number of aliphatic carboxylic acids is 1. The fraction of sp³-hybridized carbons (Fsp3) is 0.526. The summed E-state index contributed by atoms with van der Waals surface area (Å²) >= 11 is 0. The second-order valence-electron chi connectivity index (χ2n) is 7.22. The molecule has 0 aliphatic carbocycles. The summed E-state index contributed by atoms with van der Waals surface area (Å²) in [5.74, 6) is -0.901. The van der Waals surface area contributed by atoms with E-state index in [9.17, 15) is 19.5 Å². The zero-order valence-electron chi connectivity index (χ0n) is 16.6. The van der Waals surface area contributed by atoms with Crippen molar-refractivity contribution >= 4 is 17.8 Å². The molecular formula is C19H28N2O6. The molecule has 3 N–H and O–H groups in total. The zero-order valence-corrected chi connectivity index (χ0v) is 16.6. The Morgan fingerprint density at radius 3 is 2.15 bits per heavy atom. The predicted molar refractivity (Wildman–Crippen MR) is 99.7 cm³/mol. The van der Waals surface area contributed by atoms with Gasteiger partial charge in [-0.1, -0.05) is 26.8 Å². The molecule has 0 saturated heterocycles. The fourth-order valence-corrected chi connectivity index (χ4v) is 2.27. The lowest BCUT2D eigenvalue weighted by molar-refractivity contribution is -0.138. The van der Waals surface area contributed by atoms with E-state index in [4.69, 9.17) is 9.47 Å². The number of carboxylic acid groups (broad SMARTS) is 1. The van der Waals surface area contributed by atoms with Gasteiger partial charge in [0.05, 0.1) is 26.7 Å². The Hall–Kier alpha value is -2.77. The SMILES string of the molecule is COc1ccc(C(CC(=O)O)NC(=O)C(C)NC(=O)C(C)(C)C)cc1OC. The van der Waals surface area contributed by atoms with Crippen molar-refractivity contribution in [3.63, 3.8) is 0 Å². The third-order valence-electron chi connectivity index (χ3n) is 3.93. The van der Waals surface area contributed by atoms with Crippen LogP contribution in [0.1, 0.15) is 45.7 Å². The summed E-state index contributed by atoms with van der Waals surface area (Å²) in [7, 11) is 2.96. The molecule has 150 valence electrons. The lowest BCUT2D eigenvalue weighted by Crippen LogP contribution is -2.49. The van der Waals surface area contributed by atoms with Crippen LogP contribution in [-0.4, -0.2) is 43.2 Å². The number of carbonyl (C=O) groups excluding carboxylic acids is 2. The third-order valence-corrected chi connectivity index (χ3v) is 3.93.